The van der Waals surface area contributed by atoms with Crippen molar-refractivity contribution in [3.05, 3.63) is 11.8 Å². The third-order valence-corrected chi connectivity index (χ3v) is 3.53. The van der Waals surface area contributed by atoms with Crippen LogP contribution in [0.5, 0.6) is 0 Å². The molecule has 1 aliphatic heterocycles. The fourth-order valence-corrected chi connectivity index (χ4v) is 2.42. The topological polar surface area (TPSA) is 61.6 Å². The summed E-state index contributed by atoms with van der Waals surface area (Å²) in [6, 6.07) is 0. The highest BCUT2D eigenvalue weighted by atomic mass is 16.3. The molecule has 19 heavy (non-hydrogen) atoms. The van der Waals surface area contributed by atoms with Gasteiger partial charge in [-0.25, -0.2) is 0 Å². The lowest BCUT2D eigenvalue weighted by molar-refractivity contribution is -0.134. The van der Waals surface area contributed by atoms with Crippen molar-refractivity contribution in [1.29, 1.82) is 0 Å². The number of anilines is 1. The smallest absolute Gasteiger partial charge is 0.248 e. The largest absolute Gasteiger partial charge is 0.387 e. The molecule has 0 spiro atoms. The second-order valence-corrected chi connectivity index (χ2v) is 5.26. The number of rotatable bonds is 3. The number of aromatic nitrogens is 2. The first-order valence-corrected chi connectivity index (χ1v) is 6.70. The molecule has 6 nitrogen and oxygen atoms in total. The zero-order valence-electron chi connectivity index (χ0n) is 11.8. The van der Waals surface area contributed by atoms with Crippen molar-refractivity contribution in [1.82, 2.24) is 14.7 Å². The predicted molar refractivity (Wildman–Crippen MR) is 73.2 cm³/mol. The van der Waals surface area contributed by atoms with Gasteiger partial charge in [0.1, 0.15) is 6.61 Å². The van der Waals surface area contributed by atoms with E-state index in [2.05, 4.69) is 30.0 Å². The average Bonchev–Trinajstić information content (AvgIpc) is 2.80. The molecule has 1 N–H and O–H groups in total. The van der Waals surface area contributed by atoms with Gasteiger partial charge in [0, 0.05) is 45.0 Å². The van der Waals surface area contributed by atoms with Crippen LogP contribution in [0.2, 0.25) is 0 Å². The van der Waals surface area contributed by atoms with E-state index in [9.17, 15) is 4.79 Å². The highest BCUT2D eigenvalue weighted by Crippen LogP contribution is 2.26. The van der Waals surface area contributed by atoms with E-state index < -0.39 is 6.61 Å². The number of hydrogen-bond donors (Lipinski definition) is 1. The molecule has 0 aromatic carbocycles. The Morgan fingerprint density at radius 3 is 2.53 bits per heavy atom. The minimum atomic E-state index is -0.402. The van der Waals surface area contributed by atoms with Gasteiger partial charge >= 0.3 is 0 Å². The lowest BCUT2D eigenvalue weighted by Crippen LogP contribution is -2.50. The fourth-order valence-electron chi connectivity index (χ4n) is 2.42. The van der Waals surface area contributed by atoms with E-state index in [1.165, 1.54) is 5.56 Å². The molecule has 1 amide bonds. The van der Waals surface area contributed by atoms with Crippen molar-refractivity contribution in [3.63, 3.8) is 0 Å². The first kappa shape index (κ1) is 13.9. The lowest BCUT2D eigenvalue weighted by Gasteiger charge is -2.35. The van der Waals surface area contributed by atoms with Gasteiger partial charge in [0.05, 0.1) is 0 Å². The average molecular weight is 266 g/mol. The van der Waals surface area contributed by atoms with E-state index in [1.807, 2.05) is 11.7 Å². The molecule has 1 fully saturated rings. The first-order valence-electron chi connectivity index (χ1n) is 6.70. The van der Waals surface area contributed by atoms with Crippen molar-refractivity contribution < 1.29 is 9.90 Å². The van der Waals surface area contributed by atoms with Gasteiger partial charge in [0.2, 0.25) is 5.91 Å². The molecule has 0 radical (unpaired) electrons. The molecule has 1 aromatic rings. The normalized spacial score (nSPS) is 16.3. The van der Waals surface area contributed by atoms with Crippen molar-refractivity contribution in [2.24, 2.45) is 7.05 Å². The molecule has 1 saturated heterocycles. The van der Waals surface area contributed by atoms with Gasteiger partial charge in [-0.3, -0.25) is 9.48 Å². The Balaban J connectivity index is 2.07. The second kappa shape index (κ2) is 5.61. The summed E-state index contributed by atoms with van der Waals surface area (Å²) < 4.78 is 1.84. The SMILES string of the molecule is CC(C)c1cn(C)nc1N1CCN(C(=O)CO)CC1. The molecular weight excluding hydrogens is 244 g/mol. The summed E-state index contributed by atoms with van der Waals surface area (Å²) in [5, 5.41) is 13.4. The minimum Gasteiger partial charge on any atom is -0.387 e. The number of hydrogen-bond acceptors (Lipinski definition) is 4. The first-order chi connectivity index (χ1) is 9.02. The summed E-state index contributed by atoms with van der Waals surface area (Å²) in [5.74, 6) is 1.26. The Hall–Kier alpha value is -1.56. The third kappa shape index (κ3) is 2.89. The monoisotopic (exact) mass is 266 g/mol. The van der Waals surface area contributed by atoms with Gasteiger partial charge in [-0.05, 0) is 5.92 Å². The highest BCUT2D eigenvalue weighted by molar-refractivity contribution is 5.77. The van der Waals surface area contributed by atoms with Crippen LogP contribution in [0.25, 0.3) is 0 Å². The fraction of sp³-hybridized carbons (Fsp3) is 0.692. The zero-order valence-corrected chi connectivity index (χ0v) is 11.8. The molecule has 1 aliphatic rings. The Bertz CT molecular complexity index is 447. The number of aliphatic hydroxyl groups is 1. The number of carbonyl (C=O) groups excluding carboxylic acids is 1. The van der Waals surface area contributed by atoms with E-state index in [-0.39, 0.29) is 5.91 Å². The van der Waals surface area contributed by atoms with Crippen LogP contribution in [-0.2, 0) is 11.8 Å². The quantitative estimate of drug-likeness (QED) is 0.848. The highest BCUT2D eigenvalue weighted by Gasteiger charge is 2.24. The van der Waals surface area contributed by atoms with E-state index in [4.69, 9.17) is 5.11 Å². The number of amides is 1. The van der Waals surface area contributed by atoms with Crippen LogP contribution >= 0.6 is 0 Å². The van der Waals surface area contributed by atoms with Crippen LogP contribution in [0.1, 0.15) is 25.3 Å². The number of aliphatic hydroxyl groups excluding tert-OH is 1. The number of aryl methyl sites for hydroxylation is 1. The predicted octanol–water partition coefficient (Wildman–Crippen LogP) is 0.184. The van der Waals surface area contributed by atoms with Gasteiger partial charge < -0.3 is 14.9 Å². The summed E-state index contributed by atoms with van der Waals surface area (Å²) in [4.78, 5) is 15.3. The molecule has 2 rings (SSSR count). The Kier molecular flexibility index (Phi) is 4.09. The van der Waals surface area contributed by atoms with Crippen molar-refractivity contribution in [2.75, 3.05) is 37.7 Å². The summed E-state index contributed by atoms with van der Waals surface area (Å²) in [7, 11) is 1.93. The second-order valence-electron chi connectivity index (χ2n) is 5.26. The Morgan fingerprint density at radius 2 is 2.00 bits per heavy atom. The summed E-state index contributed by atoms with van der Waals surface area (Å²) in [6.07, 6.45) is 2.06. The van der Waals surface area contributed by atoms with Crippen LogP contribution in [0, 0.1) is 0 Å². The molecule has 0 unspecified atom stereocenters. The summed E-state index contributed by atoms with van der Waals surface area (Å²) >= 11 is 0. The van der Waals surface area contributed by atoms with Gasteiger partial charge in [0.25, 0.3) is 0 Å². The zero-order chi connectivity index (χ0) is 14.0. The van der Waals surface area contributed by atoms with E-state index in [1.54, 1.807) is 4.90 Å². The molecule has 0 aliphatic carbocycles. The van der Waals surface area contributed by atoms with Gasteiger partial charge in [0.15, 0.2) is 5.82 Å². The molecule has 6 heteroatoms. The maximum absolute atomic E-state index is 11.4. The molecule has 0 atom stereocenters. The Morgan fingerprint density at radius 1 is 1.37 bits per heavy atom. The molecule has 1 aromatic heterocycles. The number of piperazine rings is 1. The number of carbonyl (C=O) groups is 1. The standard InChI is InChI=1S/C13H22N4O2/c1-10(2)11-8-15(3)14-13(11)17-6-4-16(5-7-17)12(19)9-18/h8,10,18H,4-7,9H2,1-3H3. The van der Waals surface area contributed by atoms with Crippen LogP contribution < -0.4 is 4.90 Å². The molecular formula is C13H22N4O2. The van der Waals surface area contributed by atoms with E-state index in [0.29, 0.717) is 19.0 Å². The van der Waals surface area contributed by atoms with Crippen LogP contribution in [0.4, 0.5) is 5.82 Å². The van der Waals surface area contributed by atoms with Crippen molar-refractivity contribution >= 4 is 11.7 Å². The number of nitrogens with zero attached hydrogens (tertiary/aromatic N) is 4. The molecule has 2 heterocycles. The van der Waals surface area contributed by atoms with Gasteiger partial charge in [-0.2, -0.15) is 5.10 Å². The molecule has 0 saturated carbocycles. The van der Waals surface area contributed by atoms with Crippen LogP contribution in [0.3, 0.4) is 0 Å². The Labute approximate surface area is 113 Å². The van der Waals surface area contributed by atoms with Crippen molar-refractivity contribution in [2.45, 2.75) is 19.8 Å². The van der Waals surface area contributed by atoms with Crippen LogP contribution in [-0.4, -0.2) is 58.5 Å². The maximum Gasteiger partial charge on any atom is 0.248 e. The van der Waals surface area contributed by atoms with Crippen LogP contribution in [0.15, 0.2) is 6.20 Å². The summed E-state index contributed by atoms with van der Waals surface area (Å²) in [6.45, 7) is 6.74. The minimum absolute atomic E-state index is 0.190. The van der Waals surface area contributed by atoms with Gasteiger partial charge in [-0.1, -0.05) is 13.8 Å². The molecule has 0 bridgehead atoms. The third-order valence-electron chi connectivity index (χ3n) is 3.53. The molecule has 106 valence electrons. The van der Waals surface area contributed by atoms with Crippen molar-refractivity contribution in [3.8, 4) is 0 Å². The summed E-state index contributed by atoms with van der Waals surface area (Å²) in [5.41, 5.74) is 1.24. The van der Waals surface area contributed by atoms with E-state index in [0.717, 1.165) is 18.9 Å². The maximum atomic E-state index is 11.4. The lowest BCUT2D eigenvalue weighted by atomic mass is 10.1. The van der Waals surface area contributed by atoms with E-state index >= 15 is 0 Å². The van der Waals surface area contributed by atoms with Gasteiger partial charge in [-0.15, -0.1) is 0 Å².